The molecule has 2 nitrogen and oxygen atoms in total. The fourth-order valence-corrected chi connectivity index (χ4v) is 4.12. The summed E-state index contributed by atoms with van der Waals surface area (Å²) in [5.41, 5.74) is 2.68. The topological polar surface area (TPSA) is 32.3 Å². The molecule has 1 heterocycles. The lowest BCUT2D eigenvalue weighted by Gasteiger charge is -2.30. The molecule has 3 heteroatoms. The van der Waals surface area contributed by atoms with E-state index in [4.69, 9.17) is 0 Å². The molecule has 2 unspecified atom stereocenters. The maximum atomic E-state index is 9.67. The molecule has 0 saturated heterocycles. The van der Waals surface area contributed by atoms with Crippen molar-refractivity contribution in [3.05, 3.63) is 51.7 Å². The van der Waals surface area contributed by atoms with E-state index in [1.807, 2.05) is 23.5 Å². The number of fused-ring (bicyclic) bond motifs is 1. The van der Waals surface area contributed by atoms with Crippen LogP contribution in [0.25, 0.3) is 0 Å². The highest BCUT2D eigenvalue weighted by Gasteiger charge is 2.23. The van der Waals surface area contributed by atoms with E-state index in [1.54, 1.807) is 0 Å². The molecule has 0 saturated carbocycles. The van der Waals surface area contributed by atoms with Gasteiger partial charge >= 0.3 is 0 Å². The van der Waals surface area contributed by atoms with E-state index in [0.29, 0.717) is 17.8 Å². The monoisotopic (exact) mass is 301 g/mol. The van der Waals surface area contributed by atoms with Crippen molar-refractivity contribution in [1.82, 2.24) is 5.32 Å². The summed E-state index contributed by atoms with van der Waals surface area (Å²) >= 11 is 1.84. The van der Waals surface area contributed by atoms with Crippen molar-refractivity contribution in [2.45, 2.75) is 51.1 Å². The minimum atomic E-state index is 0.387. The predicted molar refractivity (Wildman–Crippen MR) is 88.9 cm³/mol. The van der Waals surface area contributed by atoms with E-state index in [2.05, 4.69) is 35.8 Å². The zero-order chi connectivity index (χ0) is 14.7. The van der Waals surface area contributed by atoms with Crippen LogP contribution >= 0.6 is 11.3 Å². The maximum absolute atomic E-state index is 9.67. The lowest BCUT2D eigenvalue weighted by Crippen LogP contribution is -2.28. The van der Waals surface area contributed by atoms with Crippen LogP contribution in [0.5, 0.6) is 5.75 Å². The van der Waals surface area contributed by atoms with Gasteiger partial charge in [0.25, 0.3) is 0 Å². The number of aryl methyl sites for hydroxylation is 1. The number of rotatable bonds is 5. The van der Waals surface area contributed by atoms with Crippen molar-refractivity contribution in [1.29, 1.82) is 0 Å². The van der Waals surface area contributed by atoms with Crippen molar-refractivity contribution < 1.29 is 5.11 Å². The largest absolute Gasteiger partial charge is 0.508 e. The van der Waals surface area contributed by atoms with Gasteiger partial charge in [-0.25, -0.2) is 0 Å². The summed E-state index contributed by atoms with van der Waals surface area (Å²) in [6.07, 6.45) is 5.81. The van der Waals surface area contributed by atoms with E-state index >= 15 is 0 Å². The van der Waals surface area contributed by atoms with Crippen LogP contribution in [0.1, 0.15) is 60.7 Å². The molecule has 21 heavy (non-hydrogen) atoms. The minimum absolute atomic E-state index is 0.387. The molecule has 2 atom stereocenters. The molecule has 0 aliphatic heterocycles. The first-order valence-electron chi connectivity index (χ1n) is 7.89. The van der Waals surface area contributed by atoms with Crippen molar-refractivity contribution >= 4 is 11.3 Å². The normalized spacial score (nSPS) is 19.2. The molecule has 1 aliphatic rings. The van der Waals surface area contributed by atoms with Crippen LogP contribution in [0.4, 0.5) is 0 Å². The van der Waals surface area contributed by atoms with Crippen LogP contribution in [0.15, 0.2) is 35.7 Å². The number of phenolic OH excluding ortho intramolecular Hbond substituents is 1. The molecule has 3 rings (SSSR count). The maximum Gasteiger partial charge on any atom is 0.115 e. The zero-order valence-electron chi connectivity index (χ0n) is 12.5. The van der Waals surface area contributed by atoms with Gasteiger partial charge in [0.1, 0.15) is 5.75 Å². The zero-order valence-corrected chi connectivity index (χ0v) is 13.3. The molecule has 0 bridgehead atoms. The van der Waals surface area contributed by atoms with Crippen molar-refractivity contribution in [3.63, 3.8) is 0 Å². The van der Waals surface area contributed by atoms with Gasteiger partial charge in [0.2, 0.25) is 0 Å². The summed E-state index contributed by atoms with van der Waals surface area (Å²) in [6, 6.07) is 11.1. The summed E-state index contributed by atoms with van der Waals surface area (Å²) in [5.74, 6) is 0.387. The van der Waals surface area contributed by atoms with Crippen molar-refractivity contribution in [2.75, 3.05) is 0 Å². The van der Waals surface area contributed by atoms with Gasteiger partial charge in [-0.15, -0.1) is 11.3 Å². The quantitative estimate of drug-likeness (QED) is 0.818. The Bertz CT molecular complexity index is 579. The first-order valence-corrected chi connectivity index (χ1v) is 8.77. The van der Waals surface area contributed by atoms with E-state index in [9.17, 15) is 5.11 Å². The van der Waals surface area contributed by atoms with Gasteiger partial charge in [-0.3, -0.25) is 0 Å². The summed E-state index contributed by atoms with van der Waals surface area (Å²) in [7, 11) is 0. The Balaban J connectivity index is 1.81. The second kappa shape index (κ2) is 6.63. The fourth-order valence-electron chi connectivity index (χ4n) is 3.30. The number of benzene rings is 1. The molecular weight excluding hydrogens is 278 g/mol. The minimum Gasteiger partial charge on any atom is -0.508 e. The molecular formula is C18H23NOS. The second-order valence-electron chi connectivity index (χ2n) is 5.85. The Kier molecular flexibility index (Phi) is 4.61. The van der Waals surface area contributed by atoms with Gasteiger partial charge in [0.15, 0.2) is 0 Å². The molecule has 1 aromatic carbocycles. The van der Waals surface area contributed by atoms with E-state index < -0.39 is 0 Å². The Labute approximate surface area is 130 Å². The average molecular weight is 301 g/mol. The Morgan fingerprint density at radius 1 is 1.38 bits per heavy atom. The SMILES string of the molecule is CCCC(NC1CCCc2cc(O)ccc21)c1cccs1. The fraction of sp³-hybridized carbons (Fsp3) is 0.444. The van der Waals surface area contributed by atoms with Gasteiger partial charge in [-0.05, 0) is 60.4 Å². The molecule has 0 amide bonds. The molecule has 1 aliphatic carbocycles. The lowest BCUT2D eigenvalue weighted by molar-refractivity contribution is 0.386. The molecule has 0 radical (unpaired) electrons. The van der Waals surface area contributed by atoms with Gasteiger partial charge in [-0.1, -0.05) is 25.5 Å². The summed E-state index contributed by atoms with van der Waals surface area (Å²) in [5, 5.41) is 15.7. The number of phenols is 1. The number of thiophene rings is 1. The molecule has 1 aromatic heterocycles. The number of hydrogen-bond donors (Lipinski definition) is 2. The number of hydrogen-bond acceptors (Lipinski definition) is 3. The molecule has 0 fully saturated rings. The first kappa shape index (κ1) is 14.6. The van der Waals surface area contributed by atoms with Gasteiger partial charge in [0, 0.05) is 17.0 Å². The summed E-state index contributed by atoms with van der Waals surface area (Å²) < 4.78 is 0. The smallest absolute Gasteiger partial charge is 0.115 e. The third kappa shape index (κ3) is 3.30. The van der Waals surface area contributed by atoms with Crippen LogP contribution in [0, 0.1) is 0 Å². The molecule has 2 aromatic rings. The summed E-state index contributed by atoms with van der Waals surface area (Å²) in [4.78, 5) is 1.43. The van der Waals surface area contributed by atoms with E-state index in [1.165, 1.54) is 41.7 Å². The molecule has 2 N–H and O–H groups in total. The summed E-state index contributed by atoms with van der Waals surface area (Å²) in [6.45, 7) is 2.25. The Hall–Kier alpha value is -1.32. The highest BCUT2D eigenvalue weighted by molar-refractivity contribution is 7.10. The lowest BCUT2D eigenvalue weighted by atomic mass is 9.87. The van der Waals surface area contributed by atoms with Crippen molar-refractivity contribution in [2.24, 2.45) is 0 Å². The third-order valence-electron chi connectivity index (χ3n) is 4.31. The van der Waals surface area contributed by atoms with Gasteiger partial charge < -0.3 is 10.4 Å². The highest BCUT2D eigenvalue weighted by Crippen LogP contribution is 2.35. The van der Waals surface area contributed by atoms with Crippen LogP contribution < -0.4 is 5.32 Å². The molecule has 0 spiro atoms. The second-order valence-corrected chi connectivity index (χ2v) is 6.83. The average Bonchev–Trinajstić information content (AvgIpc) is 3.01. The van der Waals surface area contributed by atoms with Gasteiger partial charge in [-0.2, -0.15) is 0 Å². The standard InChI is InChI=1S/C18H23NOS/c1-2-5-17(18-8-4-11-21-18)19-16-7-3-6-13-12-14(20)9-10-15(13)16/h4,8-12,16-17,19-20H,2-3,5-7H2,1H3. The van der Waals surface area contributed by atoms with Crippen molar-refractivity contribution in [3.8, 4) is 5.75 Å². The Morgan fingerprint density at radius 3 is 3.05 bits per heavy atom. The van der Waals surface area contributed by atoms with Crippen LogP contribution in [0.3, 0.4) is 0 Å². The van der Waals surface area contributed by atoms with Crippen LogP contribution in [-0.2, 0) is 6.42 Å². The van der Waals surface area contributed by atoms with E-state index in [-0.39, 0.29) is 0 Å². The highest BCUT2D eigenvalue weighted by atomic mass is 32.1. The van der Waals surface area contributed by atoms with Crippen LogP contribution in [-0.4, -0.2) is 5.11 Å². The Morgan fingerprint density at radius 2 is 2.29 bits per heavy atom. The third-order valence-corrected chi connectivity index (χ3v) is 5.29. The van der Waals surface area contributed by atoms with Gasteiger partial charge in [0.05, 0.1) is 0 Å². The van der Waals surface area contributed by atoms with E-state index in [0.717, 1.165) is 6.42 Å². The van der Waals surface area contributed by atoms with Crippen LogP contribution in [0.2, 0.25) is 0 Å². The molecule has 112 valence electrons. The number of aromatic hydroxyl groups is 1. The first-order chi connectivity index (χ1) is 10.3. The number of nitrogens with one attached hydrogen (secondary N) is 1. The predicted octanol–water partition coefficient (Wildman–Crippen LogP) is 4.96.